The second-order valence-electron chi connectivity index (χ2n) is 3.59. The Hall–Kier alpha value is -1.07. The summed E-state index contributed by atoms with van der Waals surface area (Å²) in [4.78, 5) is 14.3. The van der Waals surface area contributed by atoms with Crippen LogP contribution in [0.15, 0.2) is 6.07 Å². The molecule has 0 unspecified atom stereocenters. The first-order valence-electron chi connectivity index (χ1n) is 5.87. The second kappa shape index (κ2) is 6.61. The summed E-state index contributed by atoms with van der Waals surface area (Å²) < 4.78 is 5.59. The van der Waals surface area contributed by atoms with Crippen molar-refractivity contribution < 1.29 is 9.53 Å². The van der Waals surface area contributed by atoms with Gasteiger partial charge in [-0.15, -0.1) is 0 Å². The molecule has 1 aliphatic rings. The van der Waals surface area contributed by atoms with Gasteiger partial charge in [0.1, 0.15) is 6.61 Å². The molecule has 17 heavy (non-hydrogen) atoms. The Morgan fingerprint density at radius 1 is 1.53 bits per heavy atom. The number of hydrogen-bond donors (Lipinski definition) is 1. The Morgan fingerprint density at radius 3 is 2.88 bits per heavy atom. The van der Waals surface area contributed by atoms with Crippen LogP contribution in [0.3, 0.4) is 0 Å². The Kier molecular flexibility index (Phi) is 5.44. The first-order valence-corrected chi connectivity index (χ1v) is 6.68. The van der Waals surface area contributed by atoms with E-state index in [4.69, 9.17) is 4.74 Å². The van der Waals surface area contributed by atoms with Gasteiger partial charge in [0.2, 0.25) is 0 Å². The molecule has 0 atom stereocenters. The molecule has 1 aromatic heterocycles. The second-order valence-corrected chi connectivity index (χ2v) is 4.60. The molecule has 0 saturated carbocycles. The molecule has 1 N–H and O–H groups in total. The van der Waals surface area contributed by atoms with Crippen molar-refractivity contribution in [3.05, 3.63) is 16.5 Å². The highest BCUT2D eigenvalue weighted by atomic mass is 32.1. The molecule has 4 nitrogen and oxygen atoms in total. The number of ether oxygens (including phenoxy) is 1. The topological polar surface area (TPSA) is 41.6 Å². The minimum atomic E-state index is -0.0423. The van der Waals surface area contributed by atoms with Gasteiger partial charge in [-0.1, -0.05) is 25.2 Å². The molecule has 0 aromatic carbocycles. The standard InChI is InChI=1S/C10H14N2O2S.C2H6/c1-11-9(13)8-5-7-6-12(2)3-4-14-10(7)15-8;1-2/h5H,3-4,6H2,1-2H3,(H,11,13);1-2H3. The number of nitrogens with zero attached hydrogens (tertiary/aromatic N) is 1. The molecule has 0 fully saturated rings. The maximum atomic E-state index is 11.4. The van der Waals surface area contributed by atoms with E-state index in [9.17, 15) is 4.79 Å². The van der Waals surface area contributed by atoms with E-state index in [2.05, 4.69) is 17.3 Å². The van der Waals surface area contributed by atoms with Crippen LogP contribution < -0.4 is 10.1 Å². The number of carbonyl (C=O) groups is 1. The molecular formula is C12H20N2O2S. The number of nitrogens with one attached hydrogen (secondary N) is 1. The van der Waals surface area contributed by atoms with Crippen LogP contribution in [0.1, 0.15) is 29.1 Å². The zero-order valence-electron chi connectivity index (χ0n) is 10.9. The fourth-order valence-corrected chi connectivity index (χ4v) is 2.54. The van der Waals surface area contributed by atoms with Crippen molar-refractivity contribution in [2.24, 2.45) is 0 Å². The van der Waals surface area contributed by atoms with Crippen molar-refractivity contribution in [2.75, 3.05) is 27.2 Å². The molecule has 0 aliphatic carbocycles. The number of hydrogen-bond acceptors (Lipinski definition) is 4. The lowest BCUT2D eigenvalue weighted by molar-refractivity contribution is 0.0967. The van der Waals surface area contributed by atoms with Gasteiger partial charge in [-0.25, -0.2) is 0 Å². The first-order chi connectivity index (χ1) is 8.20. The summed E-state index contributed by atoms with van der Waals surface area (Å²) in [5.74, 6) is -0.0423. The monoisotopic (exact) mass is 256 g/mol. The van der Waals surface area contributed by atoms with E-state index >= 15 is 0 Å². The molecule has 1 aromatic rings. The number of likely N-dealkylation sites (N-methyl/N-ethyl adjacent to an activating group) is 1. The predicted octanol–water partition coefficient (Wildman–Crippen LogP) is 1.96. The van der Waals surface area contributed by atoms with E-state index in [1.165, 1.54) is 11.3 Å². The largest absolute Gasteiger partial charge is 0.482 e. The van der Waals surface area contributed by atoms with Crippen molar-refractivity contribution in [2.45, 2.75) is 20.4 Å². The van der Waals surface area contributed by atoms with Crippen molar-refractivity contribution in [1.82, 2.24) is 10.2 Å². The average molecular weight is 256 g/mol. The summed E-state index contributed by atoms with van der Waals surface area (Å²) in [6.07, 6.45) is 0. The summed E-state index contributed by atoms with van der Waals surface area (Å²) in [5.41, 5.74) is 1.11. The third-order valence-electron chi connectivity index (χ3n) is 2.37. The quantitative estimate of drug-likeness (QED) is 0.835. The maximum absolute atomic E-state index is 11.4. The summed E-state index contributed by atoms with van der Waals surface area (Å²) in [7, 11) is 3.69. The van der Waals surface area contributed by atoms with E-state index in [-0.39, 0.29) is 5.91 Å². The van der Waals surface area contributed by atoms with Crippen molar-refractivity contribution in [1.29, 1.82) is 0 Å². The van der Waals surface area contributed by atoms with Crippen LogP contribution in [0.2, 0.25) is 0 Å². The Morgan fingerprint density at radius 2 is 2.24 bits per heavy atom. The molecule has 2 heterocycles. The fourth-order valence-electron chi connectivity index (χ4n) is 1.54. The number of thiophene rings is 1. The Bertz CT molecular complexity index is 377. The zero-order chi connectivity index (χ0) is 12.8. The molecule has 1 aliphatic heterocycles. The van der Waals surface area contributed by atoms with E-state index < -0.39 is 0 Å². The van der Waals surface area contributed by atoms with Gasteiger partial charge < -0.3 is 10.1 Å². The summed E-state index contributed by atoms with van der Waals surface area (Å²) >= 11 is 1.42. The van der Waals surface area contributed by atoms with Crippen molar-refractivity contribution in [3.8, 4) is 5.06 Å². The smallest absolute Gasteiger partial charge is 0.261 e. The van der Waals surface area contributed by atoms with Crippen molar-refractivity contribution in [3.63, 3.8) is 0 Å². The minimum absolute atomic E-state index is 0.0423. The highest BCUT2D eigenvalue weighted by Crippen LogP contribution is 2.32. The van der Waals surface area contributed by atoms with Gasteiger partial charge >= 0.3 is 0 Å². The number of carbonyl (C=O) groups excluding carboxylic acids is 1. The van der Waals surface area contributed by atoms with Crippen LogP contribution in [0, 0.1) is 0 Å². The van der Waals surface area contributed by atoms with Crippen LogP contribution >= 0.6 is 11.3 Å². The Balaban J connectivity index is 0.000000686. The van der Waals surface area contributed by atoms with Gasteiger partial charge in [0.25, 0.3) is 5.91 Å². The molecule has 0 bridgehead atoms. The van der Waals surface area contributed by atoms with Crippen LogP contribution in [0.4, 0.5) is 0 Å². The molecule has 0 saturated heterocycles. The van der Waals surface area contributed by atoms with E-state index in [1.807, 2.05) is 19.9 Å². The van der Waals surface area contributed by atoms with Crippen LogP contribution in [-0.2, 0) is 6.54 Å². The van der Waals surface area contributed by atoms with Crippen LogP contribution in [0.25, 0.3) is 0 Å². The van der Waals surface area contributed by atoms with E-state index in [0.29, 0.717) is 6.61 Å². The SMILES string of the molecule is CC.CNC(=O)c1cc2c(s1)OCCN(C)C2. The van der Waals surface area contributed by atoms with Crippen molar-refractivity contribution >= 4 is 17.2 Å². The fraction of sp³-hybridized carbons (Fsp3) is 0.583. The highest BCUT2D eigenvalue weighted by Gasteiger charge is 2.18. The Labute approximate surface area is 107 Å². The summed E-state index contributed by atoms with van der Waals surface area (Å²) in [6, 6.07) is 1.92. The van der Waals surface area contributed by atoms with Gasteiger partial charge in [-0.05, 0) is 13.1 Å². The summed E-state index contributed by atoms with van der Waals surface area (Å²) in [6.45, 7) is 6.47. The normalized spacial score (nSPS) is 14.8. The van der Waals surface area contributed by atoms with Gasteiger partial charge in [0.05, 0.1) is 4.88 Å². The first kappa shape index (κ1) is 14.0. The minimum Gasteiger partial charge on any atom is -0.482 e. The summed E-state index contributed by atoms with van der Waals surface area (Å²) in [5, 5.41) is 3.51. The maximum Gasteiger partial charge on any atom is 0.261 e. The lowest BCUT2D eigenvalue weighted by atomic mass is 10.3. The molecule has 0 spiro atoms. The predicted molar refractivity (Wildman–Crippen MR) is 70.9 cm³/mol. The van der Waals surface area contributed by atoms with Crippen LogP contribution in [-0.4, -0.2) is 38.1 Å². The molecule has 0 radical (unpaired) electrons. The number of rotatable bonds is 1. The highest BCUT2D eigenvalue weighted by molar-refractivity contribution is 7.16. The molecule has 5 heteroatoms. The van der Waals surface area contributed by atoms with Gasteiger partial charge in [0.15, 0.2) is 5.06 Å². The van der Waals surface area contributed by atoms with E-state index in [1.54, 1.807) is 7.05 Å². The molecule has 1 amide bonds. The zero-order valence-corrected chi connectivity index (χ0v) is 11.7. The van der Waals surface area contributed by atoms with Gasteiger partial charge in [0, 0.05) is 25.7 Å². The number of amides is 1. The number of fused-ring (bicyclic) bond motifs is 1. The lowest BCUT2D eigenvalue weighted by Crippen LogP contribution is -2.20. The van der Waals surface area contributed by atoms with Gasteiger partial charge in [-0.3, -0.25) is 9.69 Å². The van der Waals surface area contributed by atoms with E-state index in [0.717, 1.165) is 28.6 Å². The van der Waals surface area contributed by atoms with Crippen LogP contribution in [0.5, 0.6) is 5.06 Å². The third-order valence-corrected chi connectivity index (χ3v) is 3.46. The third kappa shape index (κ3) is 3.44. The molecule has 2 rings (SSSR count). The average Bonchev–Trinajstić information content (AvgIpc) is 2.66. The van der Waals surface area contributed by atoms with Gasteiger partial charge in [-0.2, -0.15) is 0 Å². The molecular weight excluding hydrogens is 236 g/mol. The molecule has 96 valence electrons. The lowest BCUT2D eigenvalue weighted by Gasteiger charge is -2.10.